The lowest BCUT2D eigenvalue weighted by molar-refractivity contribution is 0.190. The Morgan fingerprint density at radius 2 is 1.90 bits per heavy atom. The fourth-order valence-electron chi connectivity index (χ4n) is 2.52. The van der Waals surface area contributed by atoms with Crippen LogP contribution in [0.1, 0.15) is 53.4 Å². The smallest absolute Gasteiger partial charge is 0.191 e. The minimum atomic E-state index is 0. The van der Waals surface area contributed by atoms with E-state index in [2.05, 4.69) is 48.2 Å². The molecule has 0 aliphatic carbocycles. The summed E-state index contributed by atoms with van der Waals surface area (Å²) >= 11 is 0. The summed E-state index contributed by atoms with van der Waals surface area (Å²) in [7, 11) is 0. The number of aliphatic imine (C=N–C) groups is 1. The first-order valence-electron chi connectivity index (χ1n) is 8.39. The molecular formula is C16H35IN4. The molecule has 0 atom stereocenters. The molecule has 126 valence electrons. The van der Waals surface area contributed by atoms with Crippen molar-refractivity contribution in [1.29, 1.82) is 0 Å². The highest BCUT2D eigenvalue weighted by molar-refractivity contribution is 14.0. The molecule has 1 aliphatic heterocycles. The summed E-state index contributed by atoms with van der Waals surface area (Å²) in [5.74, 6) is 1.88. The Labute approximate surface area is 148 Å². The average Bonchev–Trinajstić information content (AvgIpc) is 2.40. The molecule has 0 bridgehead atoms. The van der Waals surface area contributed by atoms with Gasteiger partial charge in [0.15, 0.2) is 5.96 Å². The van der Waals surface area contributed by atoms with Crippen molar-refractivity contribution in [3.8, 4) is 0 Å². The number of halogens is 1. The van der Waals surface area contributed by atoms with E-state index >= 15 is 0 Å². The van der Waals surface area contributed by atoms with Gasteiger partial charge in [-0.05, 0) is 72.0 Å². The van der Waals surface area contributed by atoms with Crippen LogP contribution in [0.3, 0.4) is 0 Å². The van der Waals surface area contributed by atoms with Gasteiger partial charge in [0, 0.05) is 19.1 Å². The van der Waals surface area contributed by atoms with Gasteiger partial charge in [0.25, 0.3) is 0 Å². The Morgan fingerprint density at radius 1 is 1.24 bits per heavy atom. The molecular weight excluding hydrogens is 375 g/mol. The Balaban J connectivity index is 0.00000400. The number of unbranched alkanes of at least 4 members (excludes halogenated alkanes) is 1. The highest BCUT2D eigenvalue weighted by atomic mass is 127. The van der Waals surface area contributed by atoms with Crippen molar-refractivity contribution in [3.63, 3.8) is 0 Å². The molecule has 2 N–H and O–H groups in total. The van der Waals surface area contributed by atoms with Crippen LogP contribution in [0.2, 0.25) is 0 Å². The lowest BCUT2D eigenvalue weighted by Gasteiger charge is -2.30. The van der Waals surface area contributed by atoms with Crippen molar-refractivity contribution >= 4 is 29.9 Å². The topological polar surface area (TPSA) is 39.7 Å². The van der Waals surface area contributed by atoms with Crippen molar-refractivity contribution in [1.82, 2.24) is 15.5 Å². The molecule has 0 aromatic carbocycles. The molecule has 1 saturated heterocycles. The van der Waals surface area contributed by atoms with Gasteiger partial charge >= 0.3 is 0 Å². The fraction of sp³-hybridized carbons (Fsp3) is 0.938. The van der Waals surface area contributed by atoms with Gasteiger partial charge in [0.2, 0.25) is 0 Å². The second-order valence-corrected chi connectivity index (χ2v) is 6.29. The van der Waals surface area contributed by atoms with Crippen LogP contribution in [-0.2, 0) is 0 Å². The van der Waals surface area contributed by atoms with Gasteiger partial charge in [-0.15, -0.1) is 24.0 Å². The van der Waals surface area contributed by atoms with Gasteiger partial charge in [-0.3, -0.25) is 4.99 Å². The zero-order valence-corrected chi connectivity index (χ0v) is 16.7. The Morgan fingerprint density at radius 3 is 2.48 bits per heavy atom. The van der Waals surface area contributed by atoms with Crippen molar-refractivity contribution in [2.75, 3.05) is 32.7 Å². The monoisotopic (exact) mass is 410 g/mol. The lowest BCUT2D eigenvalue weighted by atomic mass is 9.99. The normalized spacial score (nSPS) is 17.7. The summed E-state index contributed by atoms with van der Waals surface area (Å²) in [4.78, 5) is 7.24. The van der Waals surface area contributed by atoms with Crippen molar-refractivity contribution in [2.45, 2.75) is 59.4 Å². The van der Waals surface area contributed by atoms with Crippen LogP contribution < -0.4 is 10.6 Å². The van der Waals surface area contributed by atoms with E-state index in [0.717, 1.165) is 25.0 Å². The molecule has 1 rings (SSSR count). The SMILES string of the molecule is CCNC(=NCCCCN1CCC(C)CC1)NC(C)C.I. The molecule has 21 heavy (non-hydrogen) atoms. The van der Waals surface area contributed by atoms with Crippen LogP contribution in [0.15, 0.2) is 4.99 Å². The summed E-state index contributed by atoms with van der Waals surface area (Å²) in [5.41, 5.74) is 0. The van der Waals surface area contributed by atoms with E-state index in [1.807, 2.05) is 0 Å². The molecule has 5 heteroatoms. The first-order valence-corrected chi connectivity index (χ1v) is 8.39. The molecule has 0 aromatic rings. The molecule has 4 nitrogen and oxygen atoms in total. The van der Waals surface area contributed by atoms with Gasteiger partial charge in [0.1, 0.15) is 0 Å². The van der Waals surface area contributed by atoms with Gasteiger partial charge in [-0.2, -0.15) is 0 Å². The summed E-state index contributed by atoms with van der Waals surface area (Å²) < 4.78 is 0. The summed E-state index contributed by atoms with van der Waals surface area (Å²) in [6.45, 7) is 14.4. The maximum Gasteiger partial charge on any atom is 0.191 e. The molecule has 1 fully saturated rings. The number of hydrogen-bond donors (Lipinski definition) is 2. The molecule has 0 spiro atoms. The molecule has 1 heterocycles. The maximum atomic E-state index is 4.62. The van der Waals surface area contributed by atoms with Crippen LogP contribution in [0.4, 0.5) is 0 Å². The van der Waals surface area contributed by atoms with E-state index < -0.39 is 0 Å². The first kappa shape index (κ1) is 21.0. The van der Waals surface area contributed by atoms with E-state index in [-0.39, 0.29) is 24.0 Å². The molecule has 0 unspecified atom stereocenters. The number of guanidine groups is 1. The second kappa shape index (κ2) is 12.5. The van der Waals surface area contributed by atoms with Crippen LogP contribution >= 0.6 is 24.0 Å². The van der Waals surface area contributed by atoms with Crippen LogP contribution in [0.25, 0.3) is 0 Å². The van der Waals surface area contributed by atoms with Crippen molar-refractivity contribution < 1.29 is 0 Å². The number of nitrogens with zero attached hydrogens (tertiary/aromatic N) is 2. The van der Waals surface area contributed by atoms with Crippen molar-refractivity contribution in [2.24, 2.45) is 10.9 Å². The third-order valence-corrected chi connectivity index (χ3v) is 3.80. The third kappa shape index (κ3) is 10.3. The molecule has 0 amide bonds. The minimum absolute atomic E-state index is 0. The minimum Gasteiger partial charge on any atom is -0.357 e. The number of rotatable bonds is 7. The van der Waals surface area contributed by atoms with Crippen LogP contribution in [-0.4, -0.2) is 49.6 Å². The number of hydrogen-bond acceptors (Lipinski definition) is 2. The zero-order valence-electron chi connectivity index (χ0n) is 14.3. The molecule has 0 aromatic heterocycles. The molecule has 0 radical (unpaired) electrons. The molecule has 0 saturated carbocycles. The lowest BCUT2D eigenvalue weighted by Crippen LogP contribution is -2.41. The van der Waals surface area contributed by atoms with E-state index in [4.69, 9.17) is 0 Å². The van der Waals surface area contributed by atoms with E-state index in [0.29, 0.717) is 6.04 Å². The summed E-state index contributed by atoms with van der Waals surface area (Å²) in [6.07, 6.45) is 5.20. The number of likely N-dealkylation sites (tertiary alicyclic amines) is 1. The highest BCUT2D eigenvalue weighted by Gasteiger charge is 2.14. The Hall–Kier alpha value is -0.0400. The quantitative estimate of drug-likeness (QED) is 0.293. The van der Waals surface area contributed by atoms with Gasteiger partial charge in [0.05, 0.1) is 0 Å². The third-order valence-electron chi connectivity index (χ3n) is 3.80. The standard InChI is InChI=1S/C16H34N4.HI/c1-5-17-16(19-14(2)3)18-10-6-7-11-20-12-8-15(4)9-13-20;/h14-15H,5-13H2,1-4H3,(H2,17,18,19);1H. The summed E-state index contributed by atoms with van der Waals surface area (Å²) in [5, 5.41) is 6.64. The van der Waals surface area contributed by atoms with E-state index in [1.165, 1.54) is 45.3 Å². The largest absolute Gasteiger partial charge is 0.357 e. The highest BCUT2D eigenvalue weighted by Crippen LogP contribution is 2.16. The van der Waals surface area contributed by atoms with Gasteiger partial charge in [-0.1, -0.05) is 6.92 Å². The van der Waals surface area contributed by atoms with Crippen LogP contribution in [0, 0.1) is 5.92 Å². The Bertz CT molecular complexity index is 273. The average molecular weight is 410 g/mol. The molecule has 1 aliphatic rings. The number of nitrogens with one attached hydrogen (secondary N) is 2. The van der Waals surface area contributed by atoms with Crippen molar-refractivity contribution in [3.05, 3.63) is 0 Å². The first-order chi connectivity index (χ1) is 9.61. The predicted molar refractivity (Wildman–Crippen MR) is 104 cm³/mol. The van der Waals surface area contributed by atoms with E-state index in [9.17, 15) is 0 Å². The van der Waals surface area contributed by atoms with Crippen LogP contribution in [0.5, 0.6) is 0 Å². The van der Waals surface area contributed by atoms with Gasteiger partial charge in [-0.25, -0.2) is 0 Å². The number of piperidine rings is 1. The zero-order chi connectivity index (χ0) is 14.8. The van der Waals surface area contributed by atoms with Gasteiger partial charge < -0.3 is 15.5 Å². The predicted octanol–water partition coefficient (Wildman–Crippen LogP) is 3.08. The fourth-order valence-corrected chi connectivity index (χ4v) is 2.52. The second-order valence-electron chi connectivity index (χ2n) is 6.29. The maximum absolute atomic E-state index is 4.62. The Kier molecular flexibility index (Phi) is 12.5. The van der Waals surface area contributed by atoms with E-state index in [1.54, 1.807) is 0 Å². The summed E-state index contributed by atoms with van der Waals surface area (Å²) in [6, 6.07) is 0.433.